The van der Waals surface area contributed by atoms with E-state index in [-0.39, 0.29) is 11.7 Å². The quantitative estimate of drug-likeness (QED) is 0.763. The van der Waals surface area contributed by atoms with Crippen LogP contribution in [0.15, 0.2) is 42.5 Å². The van der Waals surface area contributed by atoms with Gasteiger partial charge >= 0.3 is 0 Å². The smallest absolute Gasteiger partial charge is 0.165 e. The molecule has 2 rings (SSSR count). The standard InChI is InChI=1S/C18H20O2/c1-12(2)18(19)14-9-10-17(20-4)16(11-14)15-8-6-5-7-13(15)3/h5-12H,1-4H3. The lowest BCUT2D eigenvalue weighted by Gasteiger charge is -2.13. The molecule has 2 heteroatoms. The summed E-state index contributed by atoms with van der Waals surface area (Å²) in [4.78, 5) is 12.2. The average molecular weight is 268 g/mol. The zero-order chi connectivity index (χ0) is 14.7. The van der Waals surface area contributed by atoms with E-state index in [0.717, 1.165) is 22.4 Å². The van der Waals surface area contributed by atoms with Crippen LogP contribution >= 0.6 is 0 Å². The number of methoxy groups -OCH3 is 1. The maximum atomic E-state index is 12.2. The van der Waals surface area contributed by atoms with Gasteiger partial charge in [0.25, 0.3) is 0 Å². The molecule has 0 unspecified atom stereocenters. The van der Waals surface area contributed by atoms with Crippen LogP contribution in [0.2, 0.25) is 0 Å². The van der Waals surface area contributed by atoms with Gasteiger partial charge in [-0.3, -0.25) is 4.79 Å². The molecule has 0 aliphatic carbocycles. The molecule has 0 amide bonds. The van der Waals surface area contributed by atoms with Gasteiger partial charge in [0.15, 0.2) is 5.78 Å². The first-order valence-electron chi connectivity index (χ1n) is 6.83. The lowest BCUT2D eigenvalue weighted by Crippen LogP contribution is -2.07. The summed E-state index contributed by atoms with van der Waals surface area (Å²) in [7, 11) is 1.65. The molecule has 0 saturated heterocycles. The fourth-order valence-electron chi connectivity index (χ4n) is 2.28. The van der Waals surface area contributed by atoms with Gasteiger partial charge in [-0.1, -0.05) is 38.1 Å². The molecule has 0 aliphatic rings. The molecule has 0 saturated carbocycles. The van der Waals surface area contributed by atoms with Crippen molar-refractivity contribution in [1.29, 1.82) is 0 Å². The molecule has 2 nitrogen and oxygen atoms in total. The Morgan fingerprint density at radius 3 is 2.35 bits per heavy atom. The summed E-state index contributed by atoms with van der Waals surface area (Å²) in [6, 6.07) is 13.8. The molecular weight excluding hydrogens is 248 g/mol. The molecule has 0 atom stereocenters. The Kier molecular flexibility index (Phi) is 4.23. The van der Waals surface area contributed by atoms with E-state index in [2.05, 4.69) is 19.1 Å². The minimum absolute atomic E-state index is 0.00637. The van der Waals surface area contributed by atoms with E-state index in [1.807, 2.05) is 44.2 Å². The number of hydrogen-bond acceptors (Lipinski definition) is 2. The highest BCUT2D eigenvalue weighted by molar-refractivity contribution is 5.99. The number of ketones is 1. The number of carbonyl (C=O) groups is 1. The Morgan fingerprint density at radius 1 is 1.05 bits per heavy atom. The van der Waals surface area contributed by atoms with Crippen LogP contribution in [0, 0.1) is 12.8 Å². The van der Waals surface area contributed by atoms with E-state index >= 15 is 0 Å². The zero-order valence-electron chi connectivity index (χ0n) is 12.4. The number of carbonyl (C=O) groups excluding carboxylic acids is 1. The van der Waals surface area contributed by atoms with Gasteiger partial charge < -0.3 is 4.74 Å². The van der Waals surface area contributed by atoms with E-state index < -0.39 is 0 Å². The second kappa shape index (κ2) is 5.91. The zero-order valence-corrected chi connectivity index (χ0v) is 12.4. The number of hydrogen-bond donors (Lipinski definition) is 0. The Morgan fingerprint density at radius 2 is 1.75 bits per heavy atom. The van der Waals surface area contributed by atoms with Crippen molar-refractivity contribution in [2.75, 3.05) is 7.11 Å². The van der Waals surface area contributed by atoms with E-state index in [1.165, 1.54) is 5.56 Å². The van der Waals surface area contributed by atoms with Gasteiger partial charge in [0.05, 0.1) is 7.11 Å². The van der Waals surface area contributed by atoms with Crippen LogP contribution in [0.4, 0.5) is 0 Å². The highest BCUT2D eigenvalue weighted by Gasteiger charge is 2.15. The fourth-order valence-corrected chi connectivity index (χ4v) is 2.28. The van der Waals surface area contributed by atoms with Crippen molar-refractivity contribution in [3.8, 4) is 16.9 Å². The summed E-state index contributed by atoms with van der Waals surface area (Å²) in [5, 5.41) is 0. The van der Waals surface area contributed by atoms with Crippen molar-refractivity contribution < 1.29 is 9.53 Å². The SMILES string of the molecule is COc1ccc(C(=O)C(C)C)cc1-c1ccccc1C. The van der Waals surface area contributed by atoms with Gasteiger partial charge in [-0.15, -0.1) is 0 Å². The predicted octanol–water partition coefficient (Wildman–Crippen LogP) is 4.51. The molecule has 0 heterocycles. The van der Waals surface area contributed by atoms with Crippen LogP contribution < -0.4 is 4.74 Å². The molecule has 0 bridgehead atoms. The van der Waals surface area contributed by atoms with Gasteiger partial charge in [-0.05, 0) is 36.2 Å². The summed E-state index contributed by atoms with van der Waals surface area (Å²) in [6.07, 6.45) is 0. The summed E-state index contributed by atoms with van der Waals surface area (Å²) in [5.41, 5.74) is 3.97. The molecule has 2 aromatic carbocycles. The van der Waals surface area contributed by atoms with Crippen molar-refractivity contribution in [1.82, 2.24) is 0 Å². The monoisotopic (exact) mass is 268 g/mol. The van der Waals surface area contributed by atoms with Gasteiger partial charge in [-0.25, -0.2) is 0 Å². The highest BCUT2D eigenvalue weighted by atomic mass is 16.5. The molecule has 104 valence electrons. The second-order valence-electron chi connectivity index (χ2n) is 5.25. The van der Waals surface area contributed by atoms with Crippen molar-refractivity contribution >= 4 is 5.78 Å². The van der Waals surface area contributed by atoms with Crippen LogP contribution in [0.3, 0.4) is 0 Å². The molecule has 20 heavy (non-hydrogen) atoms. The predicted molar refractivity (Wildman–Crippen MR) is 82.3 cm³/mol. The third-order valence-corrected chi connectivity index (χ3v) is 3.44. The molecular formula is C18H20O2. The number of aryl methyl sites for hydroxylation is 1. The minimum atomic E-state index is -0.00637. The topological polar surface area (TPSA) is 26.3 Å². The summed E-state index contributed by atoms with van der Waals surface area (Å²) in [6.45, 7) is 5.89. The maximum Gasteiger partial charge on any atom is 0.165 e. The van der Waals surface area contributed by atoms with E-state index in [9.17, 15) is 4.79 Å². The van der Waals surface area contributed by atoms with E-state index in [1.54, 1.807) is 7.11 Å². The Hall–Kier alpha value is -2.09. The maximum absolute atomic E-state index is 12.2. The summed E-state index contributed by atoms with van der Waals surface area (Å²) in [5.74, 6) is 0.940. The number of benzene rings is 2. The highest BCUT2D eigenvalue weighted by Crippen LogP contribution is 2.33. The molecule has 0 aromatic heterocycles. The number of ether oxygens (including phenoxy) is 1. The lowest BCUT2D eigenvalue weighted by molar-refractivity contribution is 0.0939. The Labute approximate surface area is 120 Å². The van der Waals surface area contributed by atoms with E-state index in [0.29, 0.717) is 0 Å². The number of rotatable bonds is 4. The molecule has 2 aromatic rings. The Bertz CT molecular complexity index is 627. The van der Waals surface area contributed by atoms with Gasteiger partial charge in [0.1, 0.15) is 5.75 Å². The van der Waals surface area contributed by atoms with Gasteiger partial charge in [-0.2, -0.15) is 0 Å². The van der Waals surface area contributed by atoms with E-state index in [4.69, 9.17) is 4.74 Å². The first-order chi connectivity index (χ1) is 9.54. The van der Waals surface area contributed by atoms with Gasteiger partial charge in [0.2, 0.25) is 0 Å². The van der Waals surface area contributed by atoms with Crippen molar-refractivity contribution in [2.45, 2.75) is 20.8 Å². The van der Waals surface area contributed by atoms with Crippen molar-refractivity contribution in [3.63, 3.8) is 0 Å². The third-order valence-electron chi connectivity index (χ3n) is 3.44. The molecule has 0 fully saturated rings. The Balaban J connectivity index is 2.59. The third kappa shape index (κ3) is 2.74. The first kappa shape index (κ1) is 14.3. The van der Waals surface area contributed by atoms with Crippen molar-refractivity contribution in [2.24, 2.45) is 5.92 Å². The fraction of sp³-hybridized carbons (Fsp3) is 0.278. The second-order valence-corrected chi connectivity index (χ2v) is 5.25. The van der Waals surface area contributed by atoms with Crippen LogP contribution in [-0.4, -0.2) is 12.9 Å². The first-order valence-corrected chi connectivity index (χ1v) is 6.83. The molecule has 0 N–H and O–H groups in total. The molecule has 0 aliphatic heterocycles. The summed E-state index contributed by atoms with van der Waals surface area (Å²) >= 11 is 0. The van der Waals surface area contributed by atoms with Gasteiger partial charge in [0, 0.05) is 17.0 Å². The lowest BCUT2D eigenvalue weighted by atomic mass is 9.94. The van der Waals surface area contributed by atoms with Crippen molar-refractivity contribution in [3.05, 3.63) is 53.6 Å². The molecule has 0 radical (unpaired) electrons. The van der Waals surface area contributed by atoms with Crippen LogP contribution in [0.1, 0.15) is 29.8 Å². The largest absolute Gasteiger partial charge is 0.496 e. The number of Topliss-reactive ketones (excluding diaryl/α,β-unsaturated/α-hetero) is 1. The van der Waals surface area contributed by atoms with Crippen LogP contribution in [0.25, 0.3) is 11.1 Å². The van der Waals surface area contributed by atoms with Crippen LogP contribution in [0.5, 0.6) is 5.75 Å². The molecule has 0 spiro atoms. The van der Waals surface area contributed by atoms with Crippen LogP contribution in [-0.2, 0) is 0 Å². The minimum Gasteiger partial charge on any atom is -0.496 e. The average Bonchev–Trinajstić information content (AvgIpc) is 2.46. The normalized spacial score (nSPS) is 10.7. The summed E-state index contributed by atoms with van der Waals surface area (Å²) < 4.78 is 5.44.